The maximum absolute atomic E-state index is 11.7. The smallest absolute Gasteiger partial charge is 0.408 e. The monoisotopic (exact) mass is 469 g/mol. The highest BCUT2D eigenvalue weighted by Gasteiger charge is 2.24. The lowest BCUT2D eigenvalue weighted by Gasteiger charge is -2.22. The predicted octanol–water partition coefficient (Wildman–Crippen LogP) is 3.57. The summed E-state index contributed by atoms with van der Waals surface area (Å²) in [4.78, 5) is 23.0. The summed E-state index contributed by atoms with van der Waals surface area (Å²) in [5.74, 6) is -1.10. The number of nitrogens with one attached hydrogen (secondary N) is 1. The maximum atomic E-state index is 11.7. The molecule has 0 radical (unpaired) electrons. The summed E-state index contributed by atoms with van der Waals surface area (Å²) in [5.41, 5.74) is 0.140. The first-order chi connectivity index (χ1) is 9.58. The standard InChI is InChI=1S/C14H17BrINO4/c1-14(2,3)21-13(20)17-11(12(18)19)7-8-6-9(16)4-5-10(8)15/h4-6,11H,7H2,1-3H3,(H,17,20)(H,18,19). The van der Waals surface area contributed by atoms with Crippen LogP contribution in [0.4, 0.5) is 4.79 Å². The lowest BCUT2D eigenvalue weighted by atomic mass is 10.1. The number of benzene rings is 1. The summed E-state index contributed by atoms with van der Waals surface area (Å²) in [7, 11) is 0. The van der Waals surface area contributed by atoms with Gasteiger partial charge in [0.1, 0.15) is 11.6 Å². The number of alkyl carbamates (subject to hydrolysis) is 1. The average molecular weight is 470 g/mol. The molecule has 1 rings (SSSR count). The lowest BCUT2D eigenvalue weighted by Crippen LogP contribution is -2.44. The van der Waals surface area contributed by atoms with E-state index < -0.39 is 23.7 Å². The van der Waals surface area contributed by atoms with Crippen LogP contribution in [0.1, 0.15) is 26.3 Å². The molecule has 0 heterocycles. The Balaban J connectivity index is 2.81. The zero-order valence-corrected chi connectivity index (χ0v) is 15.7. The molecule has 7 heteroatoms. The van der Waals surface area contributed by atoms with Gasteiger partial charge in [-0.15, -0.1) is 0 Å². The number of carboxylic acid groups (broad SMARTS) is 1. The topological polar surface area (TPSA) is 75.6 Å². The minimum Gasteiger partial charge on any atom is -0.480 e. The number of hydrogen-bond acceptors (Lipinski definition) is 3. The van der Waals surface area contributed by atoms with E-state index in [4.69, 9.17) is 4.74 Å². The molecule has 1 aromatic carbocycles. The van der Waals surface area contributed by atoms with Gasteiger partial charge >= 0.3 is 12.1 Å². The van der Waals surface area contributed by atoms with Gasteiger partial charge in [0.15, 0.2) is 0 Å². The van der Waals surface area contributed by atoms with Crippen molar-refractivity contribution in [3.63, 3.8) is 0 Å². The molecule has 0 aliphatic carbocycles. The molecule has 0 saturated heterocycles. The van der Waals surface area contributed by atoms with Crippen LogP contribution >= 0.6 is 38.5 Å². The first kappa shape index (κ1) is 18.2. The molecular weight excluding hydrogens is 453 g/mol. The number of amides is 1. The fourth-order valence-corrected chi connectivity index (χ4v) is 2.53. The second-order valence-electron chi connectivity index (χ2n) is 5.48. The number of carbonyl (C=O) groups excluding carboxylic acids is 1. The molecule has 2 N–H and O–H groups in total. The Bertz CT molecular complexity index is 542. The van der Waals surface area contributed by atoms with Crippen LogP contribution in [0, 0.1) is 3.57 Å². The minimum atomic E-state index is -1.10. The highest BCUT2D eigenvalue weighted by Crippen LogP contribution is 2.21. The van der Waals surface area contributed by atoms with E-state index in [1.807, 2.05) is 18.2 Å². The van der Waals surface area contributed by atoms with Crippen LogP contribution in [-0.2, 0) is 16.0 Å². The summed E-state index contributed by atoms with van der Waals surface area (Å²) in [6.45, 7) is 5.16. The third-order valence-electron chi connectivity index (χ3n) is 2.42. The van der Waals surface area contributed by atoms with Crippen LogP contribution in [0.25, 0.3) is 0 Å². The zero-order chi connectivity index (χ0) is 16.2. The highest BCUT2D eigenvalue weighted by molar-refractivity contribution is 14.1. The Morgan fingerprint density at radius 1 is 1.43 bits per heavy atom. The van der Waals surface area contributed by atoms with Crippen molar-refractivity contribution in [3.8, 4) is 0 Å². The van der Waals surface area contributed by atoms with Gasteiger partial charge in [0, 0.05) is 14.5 Å². The molecule has 0 spiro atoms. The molecule has 116 valence electrons. The van der Waals surface area contributed by atoms with Crippen molar-refractivity contribution in [1.29, 1.82) is 0 Å². The average Bonchev–Trinajstić information content (AvgIpc) is 2.30. The van der Waals surface area contributed by atoms with Crippen LogP contribution in [0.2, 0.25) is 0 Å². The normalized spacial score (nSPS) is 12.6. The summed E-state index contributed by atoms with van der Waals surface area (Å²) in [5, 5.41) is 11.6. The molecule has 0 fully saturated rings. The molecule has 5 nitrogen and oxygen atoms in total. The van der Waals surface area contributed by atoms with E-state index in [2.05, 4.69) is 43.8 Å². The number of rotatable bonds is 4. The van der Waals surface area contributed by atoms with Crippen LogP contribution in [0.5, 0.6) is 0 Å². The number of hydrogen-bond donors (Lipinski definition) is 2. The van der Waals surface area contributed by atoms with Gasteiger partial charge in [0.2, 0.25) is 0 Å². The first-order valence-electron chi connectivity index (χ1n) is 6.25. The van der Waals surface area contributed by atoms with E-state index >= 15 is 0 Å². The maximum Gasteiger partial charge on any atom is 0.408 e. The third-order valence-corrected chi connectivity index (χ3v) is 3.87. The zero-order valence-electron chi connectivity index (χ0n) is 11.9. The fourth-order valence-electron chi connectivity index (χ4n) is 1.57. The lowest BCUT2D eigenvalue weighted by molar-refractivity contribution is -0.139. The Morgan fingerprint density at radius 2 is 2.05 bits per heavy atom. The van der Waals surface area contributed by atoms with Gasteiger partial charge in [0.25, 0.3) is 0 Å². The van der Waals surface area contributed by atoms with E-state index in [1.54, 1.807) is 20.8 Å². The quantitative estimate of drug-likeness (QED) is 0.661. The number of carbonyl (C=O) groups is 2. The Kier molecular flexibility index (Phi) is 6.45. The van der Waals surface area contributed by atoms with Gasteiger partial charge in [-0.1, -0.05) is 15.9 Å². The Labute approximate surface area is 145 Å². The van der Waals surface area contributed by atoms with Gasteiger partial charge in [-0.3, -0.25) is 0 Å². The van der Waals surface area contributed by atoms with Crippen LogP contribution in [0.3, 0.4) is 0 Å². The number of aliphatic carboxylic acids is 1. The van der Waals surface area contributed by atoms with Crippen LogP contribution in [0.15, 0.2) is 22.7 Å². The van der Waals surface area contributed by atoms with Gasteiger partial charge in [-0.2, -0.15) is 0 Å². The first-order valence-corrected chi connectivity index (χ1v) is 8.12. The molecule has 0 aromatic heterocycles. The van der Waals surface area contributed by atoms with Crippen molar-refractivity contribution in [3.05, 3.63) is 31.8 Å². The van der Waals surface area contributed by atoms with Gasteiger partial charge < -0.3 is 15.2 Å². The second-order valence-corrected chi connectivity index (χ2v) is 7.58. The molecular formula is C14H17BrINO4. The van der Waals surface area contributed by atoms with Crippen molar-refractivity contribution in [2.45, 2.75) is 38.8 Å². The second kappa shape index (κ2) is 7.44. The highest BCUT2D eigenvalue weighted by atomic mass is 127. The molecule has 1 aromatic rings. The van der Waals surface area contributed by atoms with Crippen molar-refractivity contribution >= 4 is 50.6 Å². The molecule has 1 unspecified atom stereocenters. The third kappa shape index (κ3) is 6.64. The summed E-state index contributed by atoms with van der Waals surface area (Å²) in [6.07, 6.45) is -0.567. The van der Waals surface area contributed by atoms with Crippen molar-refractivity contribution in [2.75, 3.05) is 0 Å². The summed E-state index contributed by atoms with van der Waals surface area (Å²) < 4.78 is 6.88. The van der Waals surface area contributed by atoms with Crippen molar-refractivity contribution in [1.82, 2.24) is 5.32 Å². The van der Waals surface area contributed by atoms with Gasteiger partial charge in [-0.25, -0.2) is 9.59 Å². The van der Waals surface area contributed by atoms with E-state index in [-0.39, 0.29) is 6.42 Å². The Hall–Kier alpha value is -0.830. The van der Waals surface area contributed by atoms with E-state index in [9.17, 15) is 14.7 Å². The molecule has 1 amide bonds. The van der Waals surface area contributed by atoms with E-state index in [1.165, 1.54) is 0 Å². The molecule has 21 heavy (non-hydrogen) atoms. The summed E-state index contributed by atoms with van der Waals surface area (Å²) >= 11 is 5.53. The molecule has 0 bridgehead atoms. The van der Waals surface area contributed by atoms with Crippen LogP contribution < -0.4 is 5.32 Å². The van der Waals surface area contributed by atoms with Crippen molar-refractivity contribution < 1.29 is 19.4 Å². The Morgan fingerprint density at radius 3 is 2.57 bits per heavy atom. The summed E-state index contributed by atoms with van der Waals surface area (Å²) in [6, 6.07) is 4.58. The predicted molar refractivity (Wildman–Crippen MR) is 91.4 cm³/mol. The van der Waals surface area contributed by atoms with Gasteiger partial charge in [0.05, 0.1) is 0 Å². The number of carboxylic acids is 1. The number of halogens is 2. The molecule has 0 saturated carbocycles. The van der Waals surface area contributed by atoms with E-state index in [0.29, 0.717) is 0 Å². The van der Waals surface area contributed by atoms with Crippen molar-refractivity contribution in [2.24, 2.45) is 0 Å². The molecule has 0 aliphatic rings. The minimum absolute atomic E-state index is 0.173. The van der Waals surface area contributed by atoms with Crippen LogP contribution in [-0.4, -0.2) is 28.8 Å². The SMILES string of the molecule is CC(C)(C)OC(=O)NC(Cc1cc(I)ccc1Br)C(=O)O. The fraction of sp³-hybridized carbons (Fsp3) is 0.429. The molecule has 0 aliphatic heterocycles. The molecule has 1 atom stereocenters. The number of ether oxygens (including phenoxy) is 1. The van der Waals surface area contributed by atoms with E-state index in [0.717, 1.165) is 13.6 Å². The largest absolute Gasteiger partial charge is 0.480 e. The van der Waals surface area contributed by atoms with Gasteiger partial charge in [-0.05, 0) is 67.1 Å².